The number of methoxy groups -OCH3 is 1. The van der Waals surface area contributed by atoms with Gasteiger partial charge in [0.25, 0.3) is 5.89 Å². The molecule has 5 nitrogen and oxygen atoms in total. The average molecular weight is 288 g/mol. The van der Waals surface area contributed by atoms with Crippen LogP contribution in [0.4, 0.5) is 0 Å². The third kappa shape index (κ3) is 2.35. The molecule has 0 spiro atoms. The van der Waals surface area contributed by atoms with Crippen LogP contribution < -0.4 is 4.74 Å². The van der Waals surface area contributed by atoms with E-state index >= 15 is 0 Å². The zero-order chi connectivity index (χ0) is 13.9. The highest BCUT2D eigenvalue weighted by Crippen LogP contribution is 2.31. The fraction of sp³-hybridized carbons (Fsp3) is 0.0714. The highest BCUT2D eigenvalue weighted by Gasteiger charge is 2.14. The van der Waals surface area contributed by atoms with Gasteiger partial charge in [0.1, 0.15) is 5.75 Å². The van der Waals surface area contributed by atoms with E-state index < -0.39 is 0 Å². The Morgan fingerprint density at radius 3 is 2.70 bits per heavy atom. The molecule has 0 saturated carbocycles. The number of hydrogen-bond acceptors (Lipinski definition) is 5. The first kappa shape index (κ1) is 12.6. The minimum Gasteiger partial charge on any atom is -0.496 e. The van der Waals surface area contributed by atoms with E-state index in [9.17, 15) is 0 Å². The van der Waals surface area contributed by atoms with Crippen molar-refractivity contribution in [1.82, 2.24) is 15.1 Å². The summed E-state index contributed by atoms with van der Waals surface area (Å²) in [7, 11) is 1.58. The van der Waals surface area contributed by atoms with Crippen molar-refractivity contribution in [3.8, 4) is 28.6 Å². The monoisotopic (exact) mass is 287 g/mol. The van der Waals surface area contributed by atoms with Crippen LogP contribution in [0.1, 0.15) is 0 Å². The second-order valence-corrected chi connectivity index (χ2v) is 4.44. The highest BCUT2D eigenvalue weighted by atomic mass is 35.5. The largest absolute Gasteiger partial charge is 0.496 e. The molecule has 0 N–H and O–H groups in total. The standard InChI is InChI=1S/C14H10ClN3O2/c1-19-12-3-2-10(15)8-11(12)13-17-14(20-18-13)9-4-6-16-7-5-9/h2-8H,1H3. The maximum Gasteiger partial charge on any atom is 0.258 e. The van der Waals surface area contributed by atoms with Gasteiger partial charge in [-0.1, -0.05) is 16.8 Å². The lowest BCUT2D eigenvalue weighted by molar-refractivity contribution is 0.413. The maximum atomic E-state index is 6.00. The van der Waals surface area contributed by atoms with E-state index in [0.29, 0.717) is 28.1 Å². The summed E-state index contributed by atoms with van der Waals surface area (Å²) in [5, 5.41) is 4.55. The summed E-state index contributed by atoms with van der Waals surface area (Å²) in [5.74, 6) is 1.48. The Balaban J connectivity index is 2.04. The number of halogens is 1. The van der Waals surface area contributed by atoms with Crippen molar-refractivity contribution in [2.24, 2.45) is 0 Å². The summed E-state index contributed by atoms with van der Waals surface area (Å²) in [6, 6.07) is 8.84. The van der Waals surface area contributed by atoms with Crippen molar-refractivity contribution in [3.05, 3.63) is 47.7 Å². The van der Waals surface area contributed by atoms with Gasteiger partial charge in [0.05, 0.1) is 12.7 Å². The molecule has 0 aliphatic heterocycles. The molecule has 0 unspecified atom stereocenters. The molecule has 3 rings (SSSR count). The average Bonchev–Trinajstić information content (AvgIpc) is 2.98. The quantitative estimate of drug-likeness (QED) is 0.738. The molecule has 2 aromatic heterocycles. The van der Waals surface area contributed by atoms with Gasteiger partial charge in [-0.3, -0.25) is 4.98 Å². The lowest BCUT2D eigenvalue weighted by atomic mass is 10.2. The molecule has 0 atom stereocenters. The number of aromatic nitrogens is 3. The van der Waals surface area contributed by atoms with E-state index in [0.717, 1.165) is 5.56 Å². The van der Waals surface area contributed by atoms with Crippen molar-refractivity contribution in [1.29, 1.82) is 0 Å². The van der Waals surface area contributed by atoms with Gasteiger partial charge in [0.2, 0.25) is 5.82 Å². The van der Waals surface area contributed by atoms with Gasteiger partial charge < -0.3 is 9.26 Å². The van der Waals surface area contributed by atoms with Crippen LogP contribution in [0, 0.1) is 0 Å². The van der Waals surface area contributed by atoms with E-state index in [1.807, 2.05) is 0 Å². The zero-order valence-electron chi connectivity index (χ0n) is 10.6. The SMILES string of the molecule is COc1ccc(Cl)cc1-c1noc(-c2ccncc2)n1. The number of pyridine rings is 1. The summed E-state index contributed by atoms with van der Waals surface area (Å²) < 4.78 is 10.5. The summed E-state index contributed by atoms with van der Waals surface area (Å²) >= 11 is 6.00. The van der Waals surface area contributed by atoms with Crippen LogP contribution >= 0.6 is 11.6 Å². The molecule has 1 aromatic carbocycles. The van der Waals surface area contributed by atoms with Crippen LogP contribution in [0.25, 0.3) is 22.8 Å². The Kier molecular flexibility index (Phi) is 3.35. The predicted octanol–water partition coefficient (Wildman–Crippen LogP) is 3.46. The van der Waals surface area contributed by atoms with Crippen LogP contribution in [0.15, 0.2) is 47.2 Å². The van der Waals surface area contributed by atoms with Gasteiger partial charge in [-0.05, 0) is 30.3 Å². The van der Waals surface area contributed by atoms with Crippen molar-refractivity contribution >= 4 is 11.6 Å². The van der Waals surface area contributed by atoms with Gasteiger partial charge in [-0.25, -0.2) is 0 Å². The first-order valence-corrected chi connectivity index (χ1v) is 6.24. The van der Waals surface area contributed by atoms with Crippen LogP contribution in [0.2, 0.25) is 5.02 Å². The van der Waals surface area contributed by atoms with E-state index in [4.69, 9.17) is 20.9 Å². The first-order chi connectivity index (χ1) is 9.78. The molecule has 20 heavy (non-hydrogen) atoms. The van der Waals surface area contributed by atoms with E-state index in [1.54, 1.807) is 49.8 Å². The highest BCUT2D eigenvalue weighted by molar-refractivity contribution is 6.30. The van der Waals surface area contributed by atoms with E-state index in [-0.39, 0.29) is 0 Å². The lowest BCUT2D eigenvalue weighted by Crippen LogP contribution is -1.89. The summed E-state index contributed by atoms with van der Waals surface area (Å²) in [6.45, 7) is 0. The van der Waals surface area contributed by atoms with Crippen LogP contribution in [-0.2, 0) is 0 Å². The molecule has 0 aliphatic carbocycles. The zero-order valence-corrected chi connectivity index (χ0v) is 11.3. The predicted molar refractivity (Wildman–Crippen MR) is 74.5 cm³/mol. The van der Waals surface area contributed by atoms with E-state index in [2.05, 4.69) is 15.1 Å². The Morgan fingerprint density at radius 1 is 1.15 bits per heavy atom. The van der Waals surface area contributed by atoms with Gasteiger partial charge in [0.15, 0.2) is 0 Å². The maximum absolute atomic E-state index is 6.00. The van der Waals surface area contributed by atoms with Gasteiger partial charge in [0, 0.05) is 23.0 Å². The summed E-state index contributed by atoms with van der Waals surface area (Å²) in [6.07, 6.45) is 3.33. The molecule has 3 aromatic rings. The lowest BCUT2D eigenvalue weighted by Gasteiger charge is -2.04. The van der Waals surface area contributed by atoms with Crippen LogP contribution in [0.3, 0.4) is 0 Å². The number of hydrogen-bond donors (Lipinski definition) is 0. The topological polar surface area (TPSA) is 61.0 Å². The summed E-state index contributed by atoms with van der Waals surface area (Å²) in [5.41, 5.74) is 1.49. The van der Waals surface area contributed by atoms with E-state index in [1.165, 1.54) is 0 Å². The Labute approximate surface area is 120 Å². The van der Waals surface area contributed by atoms with Crippen molar-refractivity contribution in [2.75, 3.05) is 7.11 Å². The second-order valence-electron chi connectivity index (χ2n) is 4.00. The van der Waals surface area contributed by atoms with Crippen LogP contribution in [0.5, 0.6) is 5.75 Å². The van der Waals surface area contributed by atoms with Gasteiger partial charge in [-0.2, -0.15) is 4.98 Å². The third-order valence-electron chi connectivity index (χ3n) is 2.76. The molecule has 0 saturated heterocycles. The van der Waals surface area contributed by atoms with Gasteiger partial charge in [-0.15, -0.1) is 0 Å². The first-order valence-electron chi connectivity index (χ1n) is 5.86. The third-order valence-corrected chi connectivity index (χ3v) is 2.99. The Hall–Kier alpha value is -2.40. The number of ether oxygens (including phenoxy) is 1. The van der Waals surface area contributed by atoms with Gasteiger partial charge >= 0.3 is 0 Å². The minimum atomic E-state index is 0.421. The molecular weight excluding hydrogens is 278 g/mol. The van der Waals surface area contributed by atoms with Crippen molar-refractivity contribution in [2.45, 2.75) is 0 Å². The molecule has 0 radical (unpaired) electrons. The molecule has 0 aliphatic rings. The normalized spacial score (nSPS) is 10.5. The molecule has 0 bridgehead atoms. The second kappa shape index (κ2) is 5.30. The minimum absolute atomic E-state index is 0.421. The molecule has 100 valence electrons. The van der Waals surface area contributed by atoms with Crippen LogP contribution in [-0.4, -0.2) is 22.2 Å². The Morgan fingerprint density at radius 2 is 1.95 bits per heavy atom. The smallest absolute Gasteiger partial charge is 0.258 e. The van der Waals surface area contributed by atoms with Crippen molar-refractivity contribution < 1.29 is 9.26 Å². The fourth-order valence-electron chi connectivity index (χ4n) is 1.80. The summed E-state index contributed by atoms with van der Waals surface area (Å²) in [4.78, 5) is 8.30. The molecule has 6 heteroatoms. The number of rotatable bonds is 3. The van der Waals surface area contributed by atoms with Crippen molar-refractivity contribution in [3.63, 3.8) is 0 Å². The number of nitrogens with zero attached hydrogens (tertiary/aromatic N) is 3. The Bertz CT molecular complexity index is 728. The molecule has 2 heterocycles. The molecular formula is C14H10ClN3O2. The fourth-order valence-corrected chi connectivity index (χ4v) is 1.97. The molecule has 0 amide bonds. The molecule has 0 fully saturated rings. The number of benzene rings is 1.